The highest BCUT2D eigenvalue weighted by atomic mass is 16.5. The van der Waals surface area contributed by atoms with E-state index in [9.17, 15) is 5.11 Å². The zero-order chi connectivity index (χ0) is 17.9. The third-order valence-corrected chi connectivity index (χ3v) is 4.62. The Labute approximate surface area is 153 Å². The third-order valence-electron chi connectivity index (χ3n) is 4.62. The molecule has 0 radical (unpaired) electrons. The van der Waals surface area contributed by atoms with Crippen LogP contribution in [0.15, 0.2) is 71.7 Å². The quantitative estimate of drug-likeness (QED) is 0.700. The predicted molar refractivity (Wildman–Crippen MR) is 105 cm³/mol. The van der Waals surface area contributed by atoms with Gasteiger partial charge in [-0.15, -0.1) is 0 Å². The molecule has 1 heterocycles. The molecule has 1 aliphatic heterocycles. The molecule has 0 saturated carbocycles. The summed E-state index contributed by atoms with van der Waals surface area (Å²) in [6, 6.07) is 22.0. The van der Waals surface area contributed by atoms with Crippen LogP contribution in [-0.2, 0) is 13.1 Å². The SMILES string of the molecule is COc1cc(C=Nc2ccc(N3Cc4ccccc4C3)cc2)ccc1O. The Morgan fingerprint density at radius 2 is 1.65 bits per heavy atom. The van der Waals surface area contributed by atoms with Crippen LogP contribution < -0.4 is 9.64 Å². The summed E-state index contributed by atoms with van der Waals surface area (Å²) in [4.78, 5) is 6.87. The lowest BCUT2D eigenvalue weighted by atomic mass is 10.1. The first-order valence-corrected chi connectivity index (χ1v) is 8.56. The Hall–Kier alpha value is -3.27. The van der Waals surface area contributed by atoms with Crippen LogP contribution in [0.3, 0.4) is 0 Å². The highest BCUT2D eigenvalue weighted by Crippen LogP contribution is 2.29. The minimum absolute atomic E-state index is 0.126. The smallest absolute Gasteiger partial charge is 0.161 e. The van der Waals surface area contributed by atoms with Gasteiger partial charge in [-0.3, -0.25) is 4.99 Å². The number of phenolic OH excluding ortho intramolecular Hbond substituents is 1. The maximum Gasteiger partial charge on any atom is 0.161 e. The van der Waals surface area contributed by atoms with Gasteiger partial charge in [-0.2, -0.15) is 0 Å². The van der Waals surface area contributed by atoms with Crippen molar-refractivity contribution in [3.8, 4) is 11.5 Å². The van der Waals surface area contributed by atoms with Gasteiger partial charge in [-0.05, 0) is 59.2 Å². The maximum absolute atomic E-state index is 9.65. The standard InChI is InChI=1S/C22H20N2O2/c1-26-22-12-16(6-11-21(22)25)13-23-19-7-9-20(10-8-19)24-14-17-4-2-3-5-18(17)15-24/h2-13,25H,14-15H2,1H3. The van der Waals surface area contributed by atoms with E-state index in [0.29, 0.717) is 5.75 Å². The fourth-order valence-electron chi connectivity index (χ4n) is 3.19. The summed E-state index contributed by atoms with van der Waals surface area (Å²) >= 11 is 0. The Morgan fingerprint density at radius 1 is 0.962 bits per heavy atom. The van der Waals surface area contributed by atoms with E-state index in [4.69, 9.17) is 4.74 Å². The van der Waals surface area contributed by atoms with Crippen molar-refractivity contribution in [2.24, 2.45) is 4.99 Å². The molecule has 0 saturated heterocycles. The van der Waals surface area contributed by atoms with E-state index in [0.717, 1.165) is 24.3 Å². The van der Waals surface area contributed by atoms with Gasteiger partial charge in [0.25, 0.3) is 0 Å². The molecule has 0 bridgehead atoms. The van der Waals surface area contributed by atoms with E-state index < -0.39 is 0 Å². The lowest BCUT2D eigenvalue weighted by molar-refractivity contribution is 0.373. The molecule has 4 nitrogen and oxygen atoms in total. The predicted octanol–water partition coefficient (Wildman–Crippen LogP) is 4.67. The second kappa shape index (κ2) is 6.92. The third kappa shape index (κ3) is 3.26. The minimum Gasteiger partial charge on any atom is -0.504 e. The number of phenols is 1. The van der Waals surface area contributed by atoms with Gasteiger partial charge in [-0.25, -0.2) is 0 Å². The molecule has 4 rings (SSSR count). The summed E-state index contributed by atoms with van der Waals surface area (Å²) in [5.74, 6) is 0.568. The number of methoxy groups -OCH3 is 1. The number of aromatic hydroxyl groups is 1. The molecular weight excluding hydrogens is 324 g/mol. The lowest BCUT2D eigenvalue weighted by Crippen LogP contribution is -2.13. The number of benzene rings is 3. The average molecular weight is 344 g/mol. The van der Waals surface area contributed by atoms with Crippen LogP contribution in [0, 0.1) is 0 Å². The first kappa shape index (κ1) is 16.2. The van der Waals surface area contributed by atoms with E-state index in [-0.39, 0.29) is 5.75 Å². The van der Waals surface area contributed by atoms with Crippen molar-refractivity contribution in [2.75, 3.05) is 12.0 Å². The summed E-state index contributed by atoms with van der Waals surface area (Å²) < 4.78 is 5.12. The van der Waals surface area contributed by atoms with Gasteiger partial charge in [0, 0.05) is 25.0 Å². The Bertz CT molecular complexity index is 924. The van der Waals surface area contributed by atoms with Gasteiger partial charge in [0.05, 0.1) is 12.8 Å². The van der Waals surface area contributed by atoms with E-state index in [1.807, 2.05) is 12.1 Å². The van der Waals surface area contributed by atoms with Crippen molar-refractivity contribution in [1.29, 1.82) is 0 Å². The second-order valence-corrected chi connectivity index (χ2v) is 6.33. The summed E-state index contributed by atoms with van der Waals surface area (Å²) in [6.07, 6.45) is 1.77. The Kier molecular flexibility index (Phi) is 4.32. The molecule has 3 aromatic rings. The van der Waals surface area contributed by atoms with E-state index in [1.165, 1.54) is 23.9 Å². The molecule has 0 spiro atoms. The molecular formula is C22H20N2O2. The van der Waals surface area contributed by atoms with E-state index in [2.05, 4.69) is 46.3 Å². The van der Waals surface area contributed by atoms with Crippen LogP contribution in [0.25, 0.3) is 0 Å². The maximum atomic E-state index is 9.65. The van der Waals surface area contributed by atoms with Gasteiger partial charge in [0.1, 0.15) is 0 Å². The largest absolute Gasteiger partial charge is 0.504 e. The van der Waals surface area contributed by atoms with E-state index in [1.54, 1.807) is 24.4 Å². The van der Waals surface area contributed by atoms with Gasteiger partial charge in [-0.1, -0.05) is 24.3 Å². The van der Waals surface area contributed by atoms with Crippen LogP contribution >= 0.6 is 0 Å². The number of aliphatic imine (C=N–C) groups is 1. The number of ether oxygens (including phenoxy) is 1. The first-order valence-electron chi connectivity index (χ1n) is 8.56. The number of anilines is 1. The van der Waals surface area contributed by atoms with Crippen molar-refractivity contribution >= 4 is 17.6 Å². The molecule has 1 N–H and O–H groups in total. The topological polar surface area (TPSA) is 45.1 Å². The summed E-state index contributed by atoms with van der Waals surface area (Å²) in [7, 11) is 1.53. The molecule has 0 unspecified atom stereocenters. The molecule has 0 aliphatic carbocycles. The van der Waals surface area contributed by atoms with Crippen molar-refractivity contribution < 1.29 is 9.84 Å². The Morgan fingerprint density at radius 3 is 2.31 bits per heavy atom. The van der Waals surface area contributed by atoms with Gasteiger partial charge < -0.3 is 14.7 Å². The molecule has 26 heavy (non-hydrogen) atoms. The first-order chi connectivity index (χ1) is 12.7. The number of fused-ring (bicyclic) bond motifs is 1. The van der Waals surface area contributed by atoms with Crippen LogP contribution in [0.1, 0.15) is 16.7 Å². The van der Waals surface area contributed by atoms with Crippen LogP contribution in [0.5, 0.6) is 11.5 Å². The molecule has 0 amide bonds. The average Bonchev–Trinajstić information content (AvgIpc) is 3.12. The molecule has 1 aliphatic rings. The van der Waals surface area contributed by atoms with Crippen LogP contribution in [0.2, 0.25) is 0 Å². The zero-order valence-corrected chi connectivity index (χ0v) is 14.6. The fourth-order valence-corrected chi connectivity index (χ4v) is 3.19. The molecule has 0 atom stereocenters. The molecule has 130 valence electrons. The second-order valence-electron chi connectivity index (χ2n) is 6.33. The highest BCUT2D eigenvalue weighted by molar-refractivity contribution is 5.83. The van der Waals surface area contributed by atoms with Gasteiger partial charge in [0.15, 0.2) is 11.5 Å². The molecule has 0 aromatic heterocycles. The fraction of sp³-hybridized carbons (Fsp3) is 0.136. The summed E-state index contributed by atoms with van der Waals surface area (Å²) in [5, 5.41) is 9.65. The summed E-state index contributed by atoms with van der Waals surface area (Å²) in [6.45, 7) is 1.90. The molecule has 3 aromatic carbocycles. The highest BCUT2D eigenvalue weighted by Gasteiger charge is 2.18. The van der Waals surface area contributed by atoms with Crippen molar-refractivity contribution in [1.82, 2.24) is 0 Å². The van der Waals surface area contributed by atoms with E-state index >= 15 is 0 Å². The number of nitrogens with zero attached hydrogens (tertiary/aromatic N) is 2. The monoisotopic (exact) mass is 344 g/mol. The minimum atomic E-state index is 0.126. The summed E-state index contributed by atoms with van der Waals surface area (Å²) in [5.41, 5.74) is 5.76. The lowest BCUT2D eigenvalue weighted by Gasteiger charge is -2.17. The van der Waals surface area contributed by atoms with Gasteiger partial charge >= 0.3 is 0 Å². The van der Waals surface area contributed by atoms with Crippen molar-refractivity contribution in [3.05, 3.63) is 83.4 Å². The molecule has 4 heteroatoms. The van der Waals surface area contributed by atoms with Crippen LogP contribution in [0.4, 0.5) is 11.4 Å². The Balaban J connectivity index is 1.47. The van der Waals surface area contributed by atoms with Crippen molar-refractivity contribution in [3.63, 3.8) is 0 Å². The number of rotatable bonds is 4. The van der Waals surface area contributed by atoms with Gasteiger partial charge in [0.2, 0.25) is 0 Å². The number of hydrogen-bond donors (Lipinski definition) is 1. The van der Waals surface area contributed by atoms with Crippen LogP contribution in [-0.4, -0.2) is 18.4 Å². The molecule has 0 fully saturated rings. The zero-order valence-electron chi connectivity index (χ0n) is 14.6. The normalized spacial score (nSPS) is 13.2. The number of hydrogen-bond acceptors (Lipinski definition) is 4. The van der Waals surface area contributed by atoms with Crippen molar-refractivity contribution in [2.45, 2.75) is 13.1 Å².